The van der Waals surface area contributed by atoms with Gasteiger partial charge in [0.2, 0.25) is 5.75 Å². The molecule has 1 aromatic rings. The fraction of sp³-hybridized carbons (Fsp3) is 0.267. The minimum absolute atomic E-state index is 0.103. The van der Waals surface area contributed by atoms with E-state index in [1.807, 2.05) is 0 Å². The Balaban J connectivity index is 2.43. The van der Waals surface area contributed by atoms with Gasteiger partial charge in [0.15, 0.2) is 11.5 Å². The largest absolute Gasteiger partial charge is 0.493 e. The van der Waals surface area contributed by atoms with Gasteiger partial charge in [0, 0.05) is 5.56 Å². The van der Waals surface area contributed by atoms with Crippen LogP contribution in [0.4, 0.5) is 4.79 Å². The molecule has 0 radical (unpaired) electrons. The summed E-state index contributed by atoms with van der Waals surface area (Å²) in [7, 11) is 4.36. The van der Waals surface area contributed by atoms with Gasteiger partial charge in [-0.2, -0.15) is 0 Å². The minimum atomic E-state index is -1.26. The van der Waals surface area contributed by atoms with E-state index in [9.17, 15) is 14.4 Å². The quantitative estimate of drug-likeness (QED) is 0.773. The molecule has 0 spiro atoms. The Morgan fingerprint density at radius 1 is 1.17 bits per heavy atom. The van der Waals surface area contributed by atoms with Crippen molar-refractivity contribution in [2.45, 2.75) is 0 Å². The van der Waals surface area contributed by atoms with E-state index in [2.05, 4.69) is 0 Å². The Labute approximate surface area is 142 Å². The van der Waals surface area contributed by atoms with Crippen LogP contribution in [0, 0.1) is 0 Å². The average molecular weight is 353 g/mol. The molecule has 0 aliphatic carbocycles. The third kappa shape index (κ3) is 3.30. The van der Waals surface area contributed by atoms with Crippen LogP contribution < -0.4 is 14.2 Å². The van der Waals surface area contributed by atoms with Gasteiger partial charge >= 0.3 is 5.97 Å². The molecule has 1 fully saturated rings. The first-order chi connectivity index (χ1) is 11.4. The predicted octanol–water partition coefficient (Wildman–Crippen LogP) is 1.83. The maximum Gasteiger partial charge on any atom is 0.323 e. The van der Waals surface area contributed by atoms with Crippen LogP contribution >= 0.6 is 11.8 Å². The number of imide groups is 1. The van der Waals surface area contributed by atoms with Gasteiger partial charge < -0.3 is 19.3 Å². The van der Waals surface area contributed by atoms with Crippen molar-refractivity contribution in [1.29, 1.82) is 0 Å². The summed E-state index contributed by atoms with van der Waals surface area (Å²) >= 11 is 0.669. The first-order valence-corrected chi connectivity index (χ1v) is 7.50. The van der Waals surface area contributed by atoms with E-state index in [0.717, 1.165) is 0 Å². The molecule has 0 bridgehead atoms. The number of carbonyl (C=O) groups excluding carboxylic acids is 2. The number of benzene rings is 1. The Morgan fingerprint density at radius 3 is 2.38 bits per heavy atom. The van der Waals surface area contributed by atoms with Crippen LogP contribution in [-0.2, 0) is 9.59 Å². The maximum absolute atomic E-state index is 12.2. The highest BCUT2D eigenvalue weighted by Crippen LogP contribution is 2.42. The van der Waals surface area contributed by atoms with Crippen LogP contribution in [0.15, 0.2) is 17.0 Å². The fourth-order valence-corrected chi connectivity index (χ4v) is 2.98. The maximum atomic E-state index is 12.2. The van der Waals surface area contributed by atoms with Crippen molar-refractivity contribution in [2.24, 2.45) is 0 Å². The van der Waals surface area contributed by atoms with Crippen molar-refractivity contribution in [3.63, 3.8) is 0 Å². The van der Waals surface area contributed by atoms with E-state index in [0.29, 0.717) is 39.5 Å². The Bertz CT molecular complexity index is 729. The van der Waals surface area contributed by atoms with Crippen LogP contribution in [0.5, 0.6) is 17.2 Å². The van der Waals surface area contributed by atoms with E-state index < -0.39 is 23.7 Å². The number of hydrogen-bond donors (Lipinski definition) is 1. The van der Waals surface area contributed by atoms with Gasteiger partial charge in [-0.25, -0.2) is 0 Å². The van der Waals surface area contributed by atoms with Crippen LogP contribution in [0.1, 0.15) is 5.56 Å². The molecule has 1 aliphatic heterocycles. The zero-order valence-corrected chi connectivity index (χ0v) is 14.0. The molecule has 2 rings (SSSR count). The first-order valence-electron chi connectivity index (χ1n) is 6.69. The number of ether oxygens (including phenoxy) is 3. The zero-order chi connectivity index (χ0) is 17.9. The molecule has 1 N–H and O–H groups in total. The second kappa shape index (κ2) is 7.26. The molecule has 24 heavy (non-hydrogen) atoms. The molecular weight excluding hydrogens is 338 g/mol. The highest BCUT2D eigenvalue weighted by molar-refractivity contribution is 8.18. The van der Waals surface area contributed by atoms with E-state index in [-0.39, 0.29) is 4.91 Å². The van der Waals surface area contributed by atoms with Crippen LogP contribution in [-0.4, -0.2) is 55.0 Å². The van der Waals surface area contributed by atoms with Gasteiger partial charge in [-0.15, -0.1) is 0 Å². The summed E-state index contributed by atoms with van der Waals surface area (Å²) in [5.74, 6) is -0.794. The van der Waals surface area contributed by atoms with Crippen molar-refractivity contribution in [3.8, 4) is 17.2 Å². The number of methoxy groups -OCH3 is 3. The number of nitrogens with zero attached hydrogens (tertiary/aromatic N) is 1. The number of aliphatic carboxylic acids is 1. The number of carboxylic acid groups (broad SMARTS) is 1. The molecular formula is C15H15NO7S. The molecule has 1 aliphatic rings. The van der Waals surface area contributed by atoms with Crippen LogP contribution in [0.3, 0.4) is 0 Å². The topological polar surface area (TPSA) is 102 Å². The summed E-state index contributed by atoms with van der Waals surface area (Å²) < 4.78 is 15.7. The van der Waals surface area contributed by atoms with Gasteiger partial charge in [0.1, 0.15) is 6.54 Å². The highest BCUT2D eigenvalue weighted by Gasteiger charge is 2.36. The second-order valence-corrected chi connectivity index (χ2v) is 5.58. The summed E-state index contributed by atoms with van der Waals surface area (Å²) in [6, 6.07) is 3.28. The summed E-state index contributed by atoms with van der Waals surface area (Å²) in [6.45, 7) is -0.676. The average Bonchev–Trinajstić information content (AvgIpc) is 2.81. The Hall–Kier alpha value is -2.68. The van der Waals surface area contributed by atoms with Gasteiger partial charge in [-0.3, -0.25) is 19.3 Å². The molecule has 0 aromatic heterocycles. The number of carbonyl (C=O) groups is 3. The van der Waals surface area contributed by atoms with E-state index in [1.165, 1.54) is 27.4 Å². The molecule has 1 saturated heterocycles. The molecule has 0 atom stereocenters. The molecule has 128 valence electrons. The molecule has 0 unspecified atom stereocenters. The van der Waals surface area contributed by atoms with Crippen molar-refractivity contribution in [2.75, 3.05) is 27.9 Å². The van der Waals surface area contributed by atoms with Crippen molar-refractivity contribution in [1.82, 2.24) is 4.90 Å². The van der Waals surface area contributed by atoms with Crippen molar-refractivity contribution < 1.29 is 33.7 Å². The van der Waals surface area contributed by atoms with Crippen molar-refractivity contribution >= 4 is 35.0 Å². The van der Waals surface area contributed by atoms with Crippen LogP contribution in [0.2, 0.25) is 0 Å². The van der Waals surface area contributed by atoms with Gasteiger partial charge in [-0.05, 0) is 30.0 Å². The number of hydrogen-bond acceptors (Lipinski definition) is 7. The van der Waals surface area contributed by atoms with Crippen molar-refractivity contribution in [3.05, 3.63) is 22.6 Å². The second-order valence-electron chi connectivity index (χ2n) is 4.59. The highest BCUT2D eigenvalue weighted by atomic mass is 32.2. The standard InChI is InChI=1S/C15H15NO7S/c1-21-9-5-4-8(12(22-2)13(9)23-3)6-10-14(19)16(7-11(17)18)15(20)24-10/h4-6H,7H2,1-3H3,(H,17,18)/b10-6+. The van der Waals surface area contributed by atoms with E-state index in [1.54, 1.807) is 12.1 Å². The van der Waals surface area contributed by atoms with E-state index >= 15 is 0 Å². The number of rotatable bonds is 6. The summed E-state index contributed by atoms with van der Waals surface area (Å²) in [5, 5.41) is 8.14. The fourth-order valence-electron chi connectivity index (χ4n) is 2.15. The normalized spacial score (nSPS) is 15.8. The smallest absolute Gasteiger partial charge is 0.323 e. The Kier molecular flexibility index (Phi) is 5.35. The molecule has 8 nitrogen and oxygen atoms in total. The number of thioether (sulfide) groups is 1. The lowest BCUT2D eigenvalue weighted by atomic mass is 10.1. The van der Waals surface area contributed by atoms with Gasteiger partial charge in [0.25, 0.3) is 11.1 Å². The monoisotopic (exact) mass is 353 g/mol. The third-order valence-corrected chi connectivity index (χ3v) is 4.10. The lowest BCUT2D eigenvalue weighted by Crippen LogP contribution is -2.33. The van der Waals surface area contributed by atoms with E-state index in [4.69, 9.17) is 19.3 Å². The number of amides is 2. The predicted molar refractivity (Wildman–Crippen MR) is 86.4 cm³/mol. The van der Waals surface area contributed by atoms with Gasteiger partial charge in [0.05, 0.1) is 26.2 Å². The lowest BCUT2D eigenvalue weighted by molar-refractivity contribution is -0.140. The molecule has 0 saturated carbocycles. The minimum Gasteiger partial charge on any atom is -0.493 e. The summed E-state index contributed by atoms with van der Waals surface area (Å²) in [6.07, 6.45) is 1.45. The van der Waals surface area contributed by atoms with Gasteiger partial charge in [-0.1, -0.05) is 0 Å². The molecule has 2 amide bonds. The third-order valence-electron chi connectivity index (χ3n) is 3.19. The Morgan fingerprint density at radius 2 is 1.83 bits per heavy atom. The molecule has 1 heterocycles. The lowest BCUT2D eigenvalue weighted by Gasteiger charge is -2.14. The first kappa shape index (κ1) is 17.7. The molecule has 9 heteroatoms. The summed E-state index contributed by atoms with van der Waals surface area (Å²) in [4.78, 5) is 35.5. The number of carboxylic acids is 1. The zero-order valence-electron chi connectivity index (χ0n) is 13.2. The molecule has 1 aromatic carbocycles. The summed E-state index contributed by atoms with van der Waals surface area (Å²) in [5.41, 5.74) is 0.496. The SMILES string of the molecule is COc1ccc(/C=C2/SC(=O)N(CC(=O)O)C2=O)c(OC)c1OC. The van der Waals surface area contributed by atoms with Crippen LogP contribution in [0.25, 0.3) is 6.08 Å².